The van der Waals surface area contributed by atoms with Gasteiger partial charge in [0.2, 0.25) is 10.0 Å². The van der Waals surface area contributed by atoms with Crippen LogP contribution in [-0.2, 0) is 10.0 Å². The molecule has 0 radical (unpaired) electrons. The van der Waals surface area contributed by atoms with Crippen LogP contribution in [0.15, 0.2) is 35.2 Å². The van der Waals surface area contributed by atoms with Crippen molar-refractivity contribution in [1.82, 2.24) is 9.62 Å². The van der Waals surface area contributed by atoms with Crippen molar-refractivity contribution in [3.63, 3.8) is 0 Å². The van der Waals surface area contributed by atoms with Crippen molar-refractivity contribution in [2.75, 3.05) is 13.1 Å². The zero-order valence-corrected chi connectivity index (χ0v) is 11.4. The first-order chi connectivity index (χ1) is 9.33. The van der Waals surface area contributed by atoms with E-state index in [0.717, 1.165) is 0 Å². The predicted octanol–water partition coefficient (Wildman–Crippen LogP) is 1.95. The molecule has 0 aromatic heterocycles. The molecule has 112 valence electrons. The molecule has 0 bridgehead atoms. The second-order valence-electron chi connectivity index (χ2n) is 4.56. The largest absolute Gasteiger partial charge is 0.473 e. The van der Waals surface area contributed by atoms with Gasteiger partial charge in [-0.25, -0.2) is 8.42 Å². The number of hydrogen-bond donors (Lipinski definition) is 1. The SMILES string of the molecule is O=S(=O)(c1ccccc1)N(C1CCNCC1)C(F)(F)F. The molecular formula is C12H15F3N2O2S. The smallest absolute Gasteiger partial charge is 0.317 e. The number of nitrogens with one attached hydrogen (secondary N) is 1. The van der Waals surface area contributed by atoms with Crippen LogP contribution in [0.3, 0.4) is 0 Å². The summed E-state index contributed by atoms with van der Waals surface area (Å²) in [6.07, 6.45) is -4.63. The topological polar surface area (TPSA) is 49.4 Å². The molecule has 1 N–H and O–H groups in total. The van der Waals surface area contributed by atoms with E-state index in [0.29, 0.717) is 13.1 Å². The zero-order valence-electron chi connectivity index (χ0n) is 10.6. The highest BCUT2D eigenvalue weighted by Crippen LogP contribution is 2.33. The Morgan fingerprint density at radius 3 is 2.15 bits per heavy atom. The number of hydrogen-bond acceptors (Lipinski definition) is 3. The van der Waals surface area contributed by atoms with Gasteiger partial charge in [-0.05, 0) is 38.1 Å². The fraction of sp³-hybridized carbons (Fsp3) is 0.500. The molecule has 1 aromatic carbocycles. The van der Waals surface area contributed by atoms with Crippen molar-refractivity contribution in [3.05, 3.63) is 30.3 Å². The van der Waals surface area contributed by atoms with Gasteiger partial charge in [0.1, 0.15) is 0 Å². The van der Waals surface area contributed by atoms with Gasteiger partial charge in [0.15, 0.2) is 0 Å². The molecule has 1 aliphatic rings. The molecule has 8 heteroatoms. The molecule has 0 saturated carbocycles. The van der Waals surface area contributed by atoms with Crippen molar-refractivity contribution in [2.24, 2.45) is 0 Å². The van der Waals surface area contributed by atoms with Crippen LogP contribution in [0.5, 0.6) is 0 Å². The molecule has 20 heavy (non-hydrogen) atoms. The van der Waals surface area contributed by atoms with Crippen molar-refractivity contribution < 1.29 is 21.6 Å². The summed E-state index contributed by atoms with van der Waals surface area (Å²) in [7, 11) is -4.58. The lowest BCUT2D eigenvalue weighted by Crippen LogP contribution is -2.52. The fourth-order valence-electron chi connectivity index (χ4n) is 2.29. The average Bonchev–Trinajstić information content (AvgIpc) is 2.39. The molecule has 1 aromatic rings. The summed E-state index contributed by atoms with van der Waals surface area (Å²) < 4.78 is 63.9. The highest BCUT2D eigenvalue weighted by molar-refractivity contribution is 7.89. The van der Waals surface area contributed by atoms with E-state index >= 15 is 0 Å². The van der Waals surface area contributed by atoms with Gasteiger partial charge in [-0.1, -0.05) is 18.2 Å². The maximum absolute atomic E-state index is 13.2. The summed E-state index contributed by atoms with van der Waals surface area (Å²) in [4.78, 5) is -0.337. The summed E-state index contributed by atoms with van der Waals surface area (Å²) in [5.74, 6) is 0. The molecule has 1 saturated heterocycles. The number of halogens is 3. The van der Waals surface area contributed by atoms with Crippen LogP contribution in [0.2, 0.25) is 0 Å². The van der Waals surface area contributed by atoms with Crippen LogP contribution in [0, 0.1) is 0 Å². The van der Waals surface area contributed by atoms with Gasteiger partial charge in [0.05, 0.1) is 4.90 Å². The third kappa shape index (κ3) is 3.13. The zero-order chi connectivity index (χ0) is 14.8. The van der Waals surface area contributed by atoms with E-state index in [4.69, 9.17) is 0 Å². The Morgan fingerprint density at radius 2 is 1.65 bits per heavy atom. The second-order valence-corrected chi connectivity index (χ2v) is 6.38. The van der Waals surface area contributed by atoms with E-state index in [1.165, 1.54) is 24.3 Å². The van der Waals surface area contributed by atoms with Crippen LogP contribution in [-0.4, -0.2) is 38.2 Å². The minimum absolute atomic E-state index is 0.144. The maximum atomic E-state index is 13.2. The molecule has 2 rings (SSSR count). The van der Waals surface area contributed by atoms with E-state index < -0.39 is 22.4 Å². The van der Waals surface area contributed by atoms with Gasteiger partial charge in [-0.2, -0.15) is 13.2 Å². The van der Waals surface area contributed by atoms with E-state index in [-0.39, 0.29) is 22.0 Å². The Hall–Kier alpha value is -1.12. The summed E-state index contributed by atoms with van der Waals surface area (Å²) in [6, 6.07) is 5.67. The van der Waals surface area contributed by atoms with Gasteiger partial charge >= 0.3 is 6.30 Å². The monoisotopic (exact) mass is 308 g/mol. The molecule has 0 amide bonds. The third-order valence-corrected chi connectivity index (χ3v) is 5.08. The quantitative estimate of drug-likeness (QED) is 0.868. The molecule has 1 aliphatic heterocycles. The number of piperidine rings is 1. The highest BCUT2D eigenvalue weighted by Gasteiger charge is 2.50. The first-order valence-electron chi connectivity index (χ1n) is 6.20. The average molecular weight is 308 g/mol. The molecule has 0 atom stereocenters. The standard InChI is InChI=1S/C12H15F3N2O2S/c13-12(14,15)17(10-6-8-16-9-7-10)20(18,19)11-4-2-1-3-5-11/h1-5,10,16H,6-9H2. The van der Waals surface area contributed by atoms with Crippen LogP contribution in [0.25, 0.3) is 0 Å². The predicted molar refractivity (Wildman–Crippen MR) is 67.4 cm³/mol. The Balaban J connectivity index is 2.41. The Morgan fingerprint density at radius 1 is 1.10 bits per heavy atom. The minimum atomic E-state index is -4.92. The van der Waals surface area contributed by atoms with Gasteiger partial charge in [-0.15, -0.1) is 4.31 Å². The van der Waals surface area contributed by atoms with Gasteiger partial charge < -0.3 is 5.32 Å². The first kappa shape index (κ1) is 15.3. The molecule has 0 spiro atoms. The number of nitrogens with zero attached hydrogens (tertiary/aromatic N) is 1. The van der Waals surface area contributed by atoms with E-state index in [2.05, 4.69) is 5.32 Å². The van der Waals surface area contributed by atoms with E-state index in [1.807, 2.05) is 0 Å². The number of benzene rings is 1. The van der Waals surface area contributed by atoms with Crippen molar-refractivity contribution in [2.45, 2.75) is 30.1 Å². The molecule has 0 unspecified atom stereocenters. The fourth-order valence-corrected chi connectivity index (χ4v) is 3.89. The highest BCUT2D eigenvalue weighted by atomic mass is 32.2. The van der Waals surface area contributed by atoms with E-state index in [1.54, 1.807) is 6.07 Å². The maximum Gasteiger partial charge on any atom is 0.473 e. The molecular weight excluding hydrogens is 293 g/mol. The molecule has 4 nitrogen and oxygen atoms in total. The molecule has 0 aliphatic carbocycles. The van der Waals surface area contributed by atoms with E-state index in [9.17, 15) is 21.6 Å². The lowest BCUT2D eigenvalue weighted by Gasteiger charge is -2.34. The second kappa shape index (κ2) is 5.71. The number of rotatable bonds is 3. The van der Waals surface area contributed by atoms with Gasteiger partial charge in [0, 0.05) is 6.04 Å². The van der Waals surface area contributed by atoms with Gasteiger partial charge in [-0.3, -0.25) is 0 Å². The summed E-state index contributed by atoms with van der Waals surface area (Å²) in [5.41, 5.74) is 0. The van der Waals surface area contributed by atoms with Crippen LogP contribution in [0.1, 0.15) is 12.8 Å². The third-order valence-electron chi connectivity index (χ3n) is 3.19. The van der Waals surface area contributed by atoms with Crippen molar-refractivity contribution >= 4 is 10.0 Å². The van der Waals surface area contributed by atoms with Crippen molar-refractivity contribution in [1.29, 1.82) is 0 Å². The normalized spacial score (nSPS) is 18.4. The summed E-state index contributed by atoms with van der Waals surface area (Å²) in [5, 5.41) is 2.92. The minimum Gasteiger partial charge on any atom is -0.317 e. The molecule has 1 fully saturated rings. The number of alkyl halides is 3. The molecule has 1 heterocycles. The number of sulfonamides is 1. The van der Waals surface area contributed by atoms with Crippen molar-refractivity contribution in [3.8, 4) is 0 Å². The van der Waals surface area contributed by atoms with Gasteiger partial charge in [0.25, 0.3) is 0 Å². The Kier molecular flexibility index (Phi) is 4.36. The Bertz CT molecular complexity index is 540. The van der Waals surface area contributed by atoms with Crippen LogP contribution < -0.4 is 5.32 Å². The first-order valence-corrected chi connectivity index (χ1v) is 7.64. The summed E-state index contributed by atoms with van der Waals surface area (Å²) in [6.45, 7) is 0.753. The lowest BCUT2D eigenvalue weighted by molar-refractivity contribution is -0.223. The summed E-state index contributed by atoms with van der Waals surface area (Å²) >= 11 is 0. The lowest BCUT2D eigenvalue weighted by atomic mass is 10.1. The van der Waals surface area contributed by atoms with Crippen LogP contribution >= 0.6 is 0 Å². The Labute approximate surface area is 115 Å². The van der Waals surface area contributed by atoms with Crippen LogP contribution in [0.4, 0.5) is 13.2 Å².